The summed E-state index contributed by atoms with van der Waals surface area (Å²) < 4.78 is 7.80. The Balaban J connectivity index is 1.26. The lowest BCUT2D eigenvalue weighted by molar-refractivity contribution is -0.122. The molecule has 3 aromatic heterocycles. The van der Waals surface area contributed by atoms with Gasteiger partial charge in [0.25, 0.3) is 0 Å². The van der Waals surface area contributed by atoms with Crippen molar-refractivity contribution in [3.8, 4) is 5.06 Å². The Hall–Kier alpha value is -2.86. The lowest BCUT2D eigenvalue weighted by atomic mass is 9.95. The van der Waals surface area contributed by atoms with E-state index >= 15 is 0 Å². The lowest BCUT2D eigenvalue weighted by Crippen LogP contribution is -2.45. The minimum absolute atomic E-state index is 0.0477. The van der Waals surface area contributed by atoms with Crippen LogP contribution in [-0.4, -0.2) is 71.5 Å². The number of thiophene rings is 1. The van der Waals surface area contributed by atoms with Crippen LogP contribution in [0.4, 0.5) is 0 Å². The van der Waals surface area contributed by atoms with Gasteiger partial charge in [0.05, 0.1) is 13.2 Å². The number of ether oxygens (including phenoxy) is 1. The van der Waals surface area contributed by atoms with Crippen LogP contribution in [0, 0.1) is 6.92 Å². The standard InChI is InChI=1S/C24H35N9O2S/c1-15(2)24-29-28-16(3)33(24)19-11-17-5-6-18(12-19)31(17)10-9-20(21-7-8-23(35-4)36-21)27-22(34)13-32-26-14-25-30-32/h7-8,14-15,17-20H,5-6,9-13H2,1-4H3,(H,27,34)/t17?,18?,19?,20-/m0/s1. The van der Waals surface area contributed by atoms with E-state index in [0.29, 0.717) is 24.0 Å². The van der Waals surface area contributed by atoms with Gasteiger partial charge in [-0.05, 0) is 56.4 Å². The Labute approximate surface area is 215 Å². The number of hydrogen-bond donors (Lipinski definition) is 1. The molecule has 1 N–H and O–H groups in total. The molecule has 0 saturated carbocycles. The first-order valence-corrected chi connectivity index (χ1v) is 13.6. The quantitative estimate of drug-likeness (QED) is 0.440. The molecule has 11 nitrogen and oxygen atoms in total. The van der Waals surface area contributed by atoms with E-state index in [2.05, 4.69) is 61.2 Å². The number of carbonyl (C=O) groups excluding carboxylic acids is 1. The van der Waals surface area contributed by atoms with Crippen molar-refractivity contribution >= 4 is 17.2 Å². The van der Waals surface area contributed by atoms with Crippen LogP contribution < -0.4 is 10.1 Å². The average Bonchev–Trinajstić information content (AvgIpc) is 3.64. The number of rotatable bonds is 10. The summed E-state index contributed by atoms with van der Waals surface area (Å²) in [4.78, 5) is 17.8. The van der Waals surface area contributed by atoms with Crippen molar-refractivity contribution in [2.24, 2.45) is 0 Å². The molecule has 0 aliphatic carbocycles. The second-order valence-electron chi connectivity index (χ2n) is 10.1. The number of tetrazole rings is 1. The van der Waals surface area contributed by atoms with Gasteiger partial charge in [-0.1, -0.05) is 13.8 Å². The van der Waals surface area contributed by atoms with Crippen LogP contribution in [-0.2, 0) is 11.3 Å². The van der Waals surface area contributed by atoms with Gasteiger partial charge >= 0.3 is 0 Å². The summed E-state index contributed by atoms with van der Waals surface area (Å²) >= 11 is 1.58. The normalized spacial score (nSPS) is 22.8. The van der Waals surface area contributed by atoms with Crippen molar-refractivity contribution in [2.75, 3.05) is 13.7 Å². The number of nitrogens with zero attached hydrogens (tertiary/aromatic N) is 8. The minimum Gasteiger partial charge on any atom is -0.487 e. The SMILES string of the molecule is COc1ccc([C@H](CCN2C3CCC2CC(n2c(C)nnc2C(C)C)C3)NC(=O)Cn2ncnn2)s1. The molecule has 0 spiro atoms. The van der Waals surface area contributed by atoms with Gasteiger partial charge in [-0.15, -0.1) is 31.7 Å². The number of fused-ring (bicyclic) bond motifs is 2. The van der Waals surface area contributed by atoms with Crippen molar-refractivity contribution in [1.82, 2.24) is 45.2 Å². The molecule has 0 aromatic carbocycles. The zero-order valence-corrected chi connectivity index (χ0v) is 22.2. The number of hydrogen-bond acceptors (Lipinski definition) is 9. The van der Waals surface area contributed by atoms with Gasteiger partial charge in [-0.3, -0.25) is 9.69 Å². The number of aryl methyl sites for hydroxylation is 1. The number of carbonyl (C=O) groups is 1. The van der Waals surface area contributed by atoms with Crippen molar-refractivity contribution in [1.29, 1.82) is 0 Å². The van der Waals surface area contributed by atoms with Crippen LogP contribution in [0.1, 0.15) is 80.5 Å². The van der Waals surface area contributed by atoms with Crippen molar-refractivity contribution in [3.63, 3.8) is 0 Å². The van der Waals surface area contributed by atoms with E-state index in [1.54, 1.807) is 18.4 Å². The van der Waals surface area contributed by atoms with Gasteiger partial charge in [0.1, 0.15) is 18.2 Å². The molecule has 3 atom stereocenters. The maximum Gasteiger partial charge on any atom is 0.244 e. The van der Waals surface area contributed by atoms with E-state index in [4.69, 9.17) is 4.74 Å². The number of methoxy groups -OCH3 is 1. The molecule has 36 heavy (non-hydrogen) atoms. The van der Waals surface area contributed by atoms with Crippen molar-refractivity contribution < 1.29 is 9.53 Å². The second-order valence-corrected chi connectivity index (χ2v) is 11.2. The maximum absolute atomic E-state index is 12.8. The minimum atomic E-state index is -0.128. The molecule has 0 radical (unpaired) electrons. The zero-order chi connectivity index (χ0) is 25.2. The van der Waals surface area contributed by atoms with Crippen molar-refractivity contribution in [3.05, 3.63) is 35.0 Å². The first-order chi connectivity index (χ1) is 17.4. The molecule has 5 heterocycles. The van der Waals surface area contributed by atoms with Gasteiger partial charge in [-0.2, -0.15) is 4.80 Å². The highest BCUT2D eigenvalue weighted by Crippen LogP contribution is 2.42. The summed E-state index contributed by atoms with van der Waals surface area (Å²) in [5, 5.41) is 24.3. The van der Waals surface area contributed by atoms with E-state index in [1.807, 2.05) is 12.1 Å². The molecule has 194 valence electrons. The van der Waals surface area contributed by atoms with E-state index in [1.165, 1.54) is 24.0 Å². The summed E-state index contributed by atoms with van der Waals surface area (Å²) in [5.74, 6) is 2.35. The first-order valence-electron chi connectivity index (χ1n) is 12.7. The molecule has 2 aliphatic heterocycles. The molecular weight excluding hydrogens is 478 g/mol. The zero-order valence-electron chi connectivity index (χ0n) is 21.4. The largest absolute Gasteiger partial charge is 0.487 e. The molecule has 5 rings (SSSR count). The number of aromatic nitrogens is 7. The maximum atomic E-state index is 12.8. The van der Waals surface area contributed by atoms with E-state index in [0.717, 1.165) is 47.4 Å². The molecule has 2 aliphatic rings. The van der Waals surface area contributed by atoms with Gasteiger partial charge < -0.3 is 14.6 Å². The fourth-order valence-corrected chi connectivity index (χ4v) is 6.78. The predicted molar refractivity (Wildman–Crippen MR) is 135 cm³/mol. The number of piperidine rings is 1. The average molecular weight is 514 g/mol. The Morgan fingerprint density at radius 1 is 1.19 bits per heavy atom. The highest BCUT2D eigenvalue weighted by Gasteiger charge is 2.42. The van der Waals surface area contributed by atoms with Crippen LogP contribution >= 0.6 is 11.3 Å². The summed E-state index contributed by atoms with van der Waals surface area (Å²) in [6.07, 6.45) is 6.86. The van der Waals surface area contributed by atoms with Crippen molar-refractivity contribution in [2.45, 2.75) is 89.5 Å². The summed E-state index contributed by atoms with van der Waals surface area (Å²) in [5.41, 5.74) is 0. The van der Waals surface area contributed by atoms with Gasteiger partial charge in [-0.25, -0.2) is 0 Å². The predicted octanol–water partition coefficient (Wildman–Crippen LogP) is 2.88. The summed E-state index contributed by atoms with van der Waals surface area (Å²) in [6, 6.07) is 5.46. The van der Waals surface area contributed by atoms with Gasteiger partial charge in [0, 0.05) is 35.5 Å². The molecule has 12 heteroatoms. The Morgan fingerprint density at radius 2 is 1.97 bits per heavy atom. The Kier molecular flexibility index (Phi) is 7.33. The first kappa shape index (κ1) is 24.8. The van der Waals surface area contributed by atoms with Gasteiger partial charge in [0.2, 0.25) is 5.91 Å². The fraction of sp³-hybridized carbons (Fsp3) is 0.667. The van der Waals surface area contributed by atoms with Gasteiger partial charge in [0.15, 0.2) is 11.4 Å². The topological polar surface area (TPSA) is 116 Å². The number of amides is 1. The van der Waals surface area contributed by atoms with Crippen LogP contribution in [0.25, 0.3) is 0 Å². The summed E-state index contributed by atoms with van der Waals surface area (Å²) in [6.45, 7) is 7.44. The Bertz CT molecular complexity index is 1140. The third-order valence-corrected chi connectivity index (χ3v) is 8.63. The molecule has 2 saturated heterocycles. The van der Waals surface area contributed by atoms with E-state index in [-0.39, 0.29) is 18.5 Å². The molecule has 2 unspecified atom stereocenters. The van der Waals surface area contributed by atoms with E-state index in [9.17, 15) is 4.79 Å². The van der Waals surface area contributed by atoms with Crippen LogP contribution in [0.2, 0.25) is 0 Å². The van der Waals surface area contributed by atoms with Crippen LogP contribution in [0.15, 0.2) is 18.5 Å². The third kappa shape index (κ3) is 5.15. The van der Waals surface area contributed by atoms with Crippen LogP contribution in [0.3, 0.4) is 0 Å². The highest BCUT2D eigenvalue weighted by molar-refractivity contribution is 7.13. The number of nitrogens with one attached hydrogen (secondary N) is 1. The molecular formula is C24H35N9O2S. The smallest absolute Gasteiger partial charge is 0.244 e. The second kappa shape index (κ2) is 10.6. The lowest BCUT2D eigenvalue weighted by Gasteiger charge is -2.40. The molecule has 2 fully saturated rings. The molecule has 3 aromatic rings. The fourth-order valence-electron chi connectivity index (χ4n) is 5.88. The van der Waals surface area contributed by atoms with E-state index < -0.39 is 0 Å². The summed E-state index contributed by atoms with van der Waals surface area (Å²) in [7, 11) is 1.67. The Morgan fingerprint density at radius 3 is 2.61 bits per heavy atom. The highest BCUT2D eigenvalue weighted by atomic mass is 32.1. The monoisotopic (exact) mass is 513 g/mol. The third-order valence-electron chi connectivity index (χ3n) is 7.47. The van der Waals surface area contributed by atoms with Crippen LogP contribution in [0.5, 0.6) is 5.06 Å². The molecule has 1 amide bonds. The molecule has 2 bridgehead atoms.